The van der Waals surface area contributed by atoms with Gasteiger partial charge in [0, 0.05) is 31.6 Å². The van der Waals surface area contributed by atoms with Crippen molar-refractivity contribution in [1.82, 2.24) is 9.80 Å². The quantitative estimate of drug-likeness (QED) is 0.769. The Morgan fingerprint density at radius 3 is 1.79 bits per heavy atom. The van der Waals surface area contributed by atoms with Crippen molar-refractivity contribution in [3.63, 3.8) is 0 Å². The van der Waals surface area contributed by atoms with E-state index in [1.807, 2.05) is 25.7 Å². The lowest BCUT2D eigenvalue weighted by atomic mass is 9.94. The lowest BCUT2D eigenvalue weighted by Crippen LogP contribution is -2.56. The summed E-state index contributed by atoms with van der Waals surface area (Å²) in [5, 5.41) is 0. The van der Waals surface area contributed by atoms with Crippen LogP contribution in [0.5, 0.6) is 0 Å². The van der Waals surface area contributed by atoms with Gasteiger partial charge in [-0.3, -0.25) is 9.59 Å². The second-order valence-corrected chi connectivity index (χ2v) is 6.49. The zero-order valence-electron chi connectivity index (χ0n) is 11.9. The Kier molecular flexibility index (Phi) is 4.52. The molecule has 1 aliphatic heterocycles. The Bertz CT molecular complexity index is 341. The smallest absolute Gasteiger partial charge is 0.242 e. The number of hydrogen-bond acceptors (Lipinski definition) is 3. The van der Waals surface area contributed by atoms with Gasteiger partial charge in [-0.15, -0.1) is 12.4 Å². The summed E-state index contributed by atoms with van der Waals surface area (Å²) in [6.07, 6.45) is 1.60. The van der Waals surface area contributed by atoms with Gasteiger partial charge in [-0.2, -0.15) is 0 Å². The van der Waals surface area contributed by atoms with E-state index in [-0.39, 0.29) is 29.6 Å². The molecule has 1 saturated carbocycles. The molecule has 0 atom stereocenters. The number of amides is 2. The Hall–Kier alpha value is -0.810. The van der Waals surface area contributed by atoms with Crippen molar-refractivity contribution in [2.75, 3.05) is 26.2 Å². The summed E-state index contributed by atoms with van der Waals surface area (Å²) in [6.45, 7) is 8.23. The first-order chi connectivity index (χ1) is 8.24. The number of halogens is 1. The Balaban J connectivity index is 0.00000180. The molecular weight excluding hydrogens is 266 g/mol. The monoisotopic (exact) mass is 289 g/mol. The fourth-order valence-electron chi connectivity index (χ4n) is 2.25. The molecule has 110 valence electrons. The lowest BCUT2D eigenvalue weighted by Gasteiger charge is -2.38. The van der Waals surface area contributed by atoms with Gasteiger partial charge in [-0.25, -0.2) is 0 Å². The molecule has 2 fully saturated rings. The molecule has 2 amide bonds. The summed E-state index contributed by atoms with van der Waals surface area (Å²) < 4.78 is 0. The third-order valence-electron chi connectivity index (χ3n) is 3.71. The molecule has 2 aliphatic rings. The normalized spacial score (nSPS) is 21.7. The highest BCUT2D eigenvalue weighted by Gasteiger charge is 2.48. The molecule has 1 aliphatic carbocycles. The van der Waals surface area contributed by atoms with Crippen LogP contribution >= 0.6 is 12.4 Å². The molecule has 0 spiro atoms. The molecule has 1 heterocycles. The highest BCUT2D eigenvalue weighted by molar-refractivity contribution is 5.89. The average Bonchev–Trinajstić information content (AvgIpc) is 3.06. The predicted octanol–water partition coefficient (Wildman–Crippen LogP) is 0.616. The van der Waals surface area contributed by atoms with E-state index in [1.54, 1.807) is 4.90 Å². The SMILES string of the molecule is CC(C)(C)C(=O)N1CCN(C(=O)C2(N)CC2)CC1.Cl. The van der Waals surface area contributed by atoms with Gasteiger partial charge in [-0.05, 0) is 12.8 Å². The minimum absolute atomic E-state index is 0. The molecule has 0 aromatic heterocycles. The van der Waals surface area contributed by atoms with Gasteiger partial charge in [0.25, 0.3) is 0 Å². The molecule has 2 N–H and O–H groups in total. The van der Waals surface area contributed by atoms with Crippen LogP contribution in [-0.4, -0.2) is 53.3 Å². The van der Waals surface area contributed by atoms with Gasteiger partial charge in [0.1, 0.15) is 0 Å². The van der Waals surface area contributed by atoms with Crippen LogP contribution in [0.3, 0.4) is 0 Å². The zero-order valence-corrected chi connectivity index (χ0v) is 12.8. The van der Waals surface area contributed by atoms with Crippen molar-refractivity contribution >= 4 is 24.2 Å². The van der Waals surface area contributed by atoms with E-state index in [0.29, 0.717) is 26.2 Å². The fraction of sp³-hybridized carbons (Fsp3) is 0.846. The summed E-state index contributed by atoms with van der Waals surface area (Å²) in [4.78, 5) is 27.8. The molecule has 0 aromatic rings. The van der Waals surface area contributed by atoms with Crippen LogP contribution < -0.4 is 5.73 Å². The first-order valence-electron chi connectivity index (χ1n) is 6.62. The van der Waals surface area contributed by atoms with Gasteiger partial charge >= 0.3 is 0 Å². The van der Waals surface area contributed by atoms with Crippen molar-refractivity contribution < 1.29 is 9.59 Å². The lowest BCUT2D eigenvalue weighted by molar-refractivity contribution is -0.145. The van der Waals surface area contributed by atoms with Crippen LogP contribution in [0, 0.1) is 5.41 Å². The molecule has 19 heavy (non-hydrogen) atoms. The summed E-state index contributed by atoms with van der Waals surface area (Å²) in [5.74, 6) is 0.217. The maximum atomic E-state index is 12.1. The standard InChI is InChI=1S/C13H23N3O2.ClH/c1-12(2,3)10(17)15-6-8-16(9-7-15)11(18)13(14)4-5-13;/h4-9,14H2,1-3H3;1H. The molecule has 0 bridgehead atoms. The van der Waals surface area contributed by atoms with Gasteiger partial charge in [0.15, 0.2) is 0 Å². The van der Waals surface area contributed by atoms with Gasteiger partial charge in [-0.1, -0.05) is 20.8 Å². The molecule has 0 aromatic carbocycles. The van der Waals surface area contributed by atoms with Crippen LogP contribution in [0.1, 0.15) is 33.6 Å². The van der Waals surface area contributed by atoms with Crippen LogP contribution in [0.15, 0.2) is 0 Å². The molecule has 0 unspecified atom stereocenters. The van der Waals surface area contributed by atoms with Crippen molar-refractivity contribution in [3.05, 3.63) is 0 Å². The van der Waals surface area contributed by atoms with E-state index in [4.69, 9.17) is 5.73 Å². The number of carbonyl (C=O) groups is 2. The predicted molar refractivity (Wildman–Crippen MR) is 76.0 cm³/mol. The number of nitrogens with two attached hydrogens (primary N) is 1. The maximum Gasteiger partial charge on any atom is 0.242 e. The number of hydrogen-bond donors (Lipinski definition) is 1. The number of piperazine rings is 1. The van der Waals surface area contributed by atoms with E-state index in [1.165, 1.54) is 0 Å². The summed E-state index contributed by atoms with van der Waals surface area (Å²) in [5.41, 5.74) is 4.98. The Labute approximate surface area is 120 Å². The number of nitrogens with zero attached hydrogens (tertiary/aromatic N) is 2. The van der Waals surface area contributed by atoms with E-state index in [9.17, 15) is 9.59 Å². The molecular formula is C13H24ClN3O2. The Morgan fingerprint density at radius 1 is 1.00 bits per heavy atom. The van der Waals surface area contributed by atoms with Crippen LogP contribution in [-0.2, 0) is 9.59 Å². The van der Waals surface area contributed by atoms with E-state index >= 15 is 0 Å². The topological polar surface area (TPSA) is 66.6 Å². The second kappa shape index (κ2) is 5.29. The summed E-state index contributed by atoms with van der Waals surface area (Å²) in [7, 11) is 0. The minimum Gasteiger partial charge on any atom is -0.339 e. The van der Waals surface area contributed by atoms with E-state index < -0.39 is 5.54 Å². The summed E-state index contributed by atoms with van der Waals surface area (Å²) >= 11 is 0. The summed E-state index contributed by atoms with van der Waals surface area (Å²) in [6, 6.07) is 0. The first-order valence-corrected chi connectivity index (χ1v) is 6.62. The Morgan fingerprint density at radius 2 is 1.42 bits per heavy atom. The van der Waals surface area contributed by atoms with Crippen LogP contribution in [0.4, 0.5) is 0 Å². The van der Waals surface area contributed by atoms with E-state index in [2.05, 4.69) is 0 Å². The highest BCUT2D eigenvalue weighted by Crippen LogP contribution is 2.34. The van der Waals surface area contributed by atoms with E-state index in [0.717, 1.165) is 12.8 Å². The van der Waals surface area contributed by atoms with Crippen molar-refractivity contribution in [2.45, 2.75) is 39.2 Å². The molecule has 5 nitrogen and oxygen atoms in total. The minimum atomic E-state index is -0.587. The van der Waals surface area contributed by atoms with Crippen LogP contribution in [0.2, 0.25) is 0 Å². The largest absolute Gasteiger partial charge is 0.339 e. The van der Waals surface area contributed by atoms with Gasteiger partial charge in [0.2, 0.25) is 11.8 Å². The first kappa shape index (κ1) is 16.2. The third kappa shape index (κ3) is 3.39. The highest BCUT2D eigenvalue weighted by atomic mass is 35.5. The zero-order chi connectivity index (χ0) is 13.6. The second-order valence-electron chi connectivity index (χ2n) is 6.49. The van der Waals surface area contributed by atoms with Crippen molar-refractivity contribution in [2.24, 2.45) is 11.1 Å². The molecule has 1 saturated heterocycles. The third-order valence-corrected chi connectivity index (χ3v) is 3.71. The van der Waals surface area contributed by atoms with Gasteiger partial charge in [0.05, 0.1) is 5.54 Å². The number of carbonyl (C=O) groups excluding carboxylic acids is 2. The van der Waals surface area contributed by atoms with Crippen molar-refractivity contribution in [3.8, 4) is 0 Å². The van der Waals surface area contributed by atoms with Crippen molar-refractivity contribution in [1.29, 1.82) is 0 Å². The molecule has 0 radical (unpaired) electrons. The average molecular weight is 290 g/mol. The molecule has 2 rings (SSSR count). The number of rotatable bonds is 1. The molecule has 6 heteroatoms. The maximum absolute atomic E-state index is 12.1. The van der Waals surface area contributed by atoms with Gasteiger partial charge < -0.3 is 15.5 Å². The fourth-order valence-corrected chi connectivity index (χ4v) is 2.25. The van der Waals surface area contributed by atoms with Crippen LogP contribution in [0.25, 0.3) is 0 Å².